The molecule has 98 valence electrons. The van der Waals surface area contributed by atoms with E-state index in [0.29, 0.717) is 19.4 Å². The normalized spacial score (nSPS) is 18.1. The van der Waals surface area contributed by atoms with Gasteiger partial charge >= 0.3 is 0 Å². The second kappa shape index (κ2) is 5.39. The highest BCUT2D eigenvalue weighted by molar-refractivity contribution is 7.09. The van der Waals surface area contributed by atoms with E-state index in [1.54, 1.807) is 11.3 Å². The molecule has 1 saturated carbocycles. The van der Waals surface area contributed by atoms with Crippen molar-refractivity contribution in [3.63, 3.8) is 0 Å². The summed E-state index contributed by atoms with van der Waals surface area (Å²) in [4.78, 5) is 13.3. The lowest BCUT2D eigenvalue weighted by atomic mass is 9.67. The van der Waals surface area contributed by atoms with Crippen LogP contribution in [0.1, 0.15) is 24.1 Å². The maximum atomic E-state index is 12.1. The van der Waals surface area contributed by atoms with Gasteiger partial charge in [0.1, 0.15) is 5.41 Å². The smallest absolute Gasteiger partial charge is 0.233 e. The number of hydrogen-bond acceptors (Lipinski definition) is 4. The molecule has 2 rings (SSSR count). The van der Waals surface area contributed by atoms with Gasteiger partial charge in [-0.15, -0.1) is 11.3 Å². The molecule has 0 radical (unpaired) electrons. The van der Waals surface area contributed by atoms with Crippen LogP contribution in [0, 0.1) is 5.41 Å². The van der Waals surface area contributed by atoms with Crippen LogP contribution in [-0.4, -0.2) is 23.5 Å². The molecule has 5 nitrogen and oxygen atoms in total. The number of nitrogens with two attached hydrogens (primary N) is 1. The van der Waals surface area contributed by atoms with Crippen molar-refractivity contribution in [2.24, 2.45) is 16.3 Å². The Kier molecular flexibility index (Phi) is 3.86. The first-order chi connectivity index (χ1) is 8.69. The maximum Gasteiger partial charge on any atom is 0.233 e. The molecule has 1 fully saturated rings. The minimum Gasteiger partial charge on any atom is -0.409 e. The molecule has 1 aromatic heterocycles. The van der Waals surface area contributed by atoms with Crippen molar-refractivity contribution in [1.29, 1.82) is 0 Å². The largest absolute Gasteiger partial charge is 0.409 e. The molecule has 1 aliphatic rings. The fourth-order valence-corrected chi connectivity index (χ4v) is 2.86. The summed E-state index contributed by atoms with van der Waals surface area (Å²) < 4.78 is 0. The number of carbonyl (C=O) groups is 1. The van der Waals surface area contributed by atoms with E-state index in [1.165, 1.54) is 4.88 Å². The standard InChI is InChI=1S/C12H17N3O2S/c13-10(15-17)12(5-2-6-12)11(16)14-7-4-9-3-1-8-18-9/h1,3,8,17H,2,4-7H2,(H2,13,15)(H,14,16). The van der Waals surface area contributed by atoms with Crippen LogP contribution < -0.4 is 11.1 Å². The fraction of sp³-hybridized carbons (Fsp3) is 0.500. The monoisotopic (exact) mass is 267 g/mol. The molecule has 18 heavy (non-hydrogen) atoms. The molecule has 1 heterocycles. The number of hydrogen-bond donors (Lipinski definition) is 3. The van der Waals surface area contributed by atoms with E-state index in [2.05, 4.69) is 10.5 Å². The van der Waals surface area contributed by atoms with Gasteiger partial charge in [0.25, 0.3) is 0 Å². The molecule has 1 aromatic rings. The van der Waals surface area contributed by atoms with E-state index >= 15 is 0 Å². The highest BCUT2D eigenvalue weighted by Gasteiger charge is 2.48. The highest BCUT2D eigenvalue weighted by Crippen LogP contribution is 2.41. The summed E-state index contributed by atoms with van der Waals surface area (Å²) in [5, 5.41) is 16.6. The molecule has 0 aromatic carbocycles. The van der Waals surface area contributed by atoms with Crippen molar-refractivity contribution in [3.05, 3.63) is 22.4 Å². The van der Waals surface area contributed by atoms with Gasteiger partial charge in [-0.3, -0.25) is 4.79 Å². The average Bonchev–Trinajstić information content (AvgIpc) is 2.80. The molecular weight excluding hydrogens is 250 g/mol. The number of thiophene rings is 1. The van der Waals surface area contributed by atoms with Gasteiger partial charge in [-0.25, -0.2) is 0 Å². The summed E-state index contributed by atoms with van der Waals surface area (Å²) in [6, 6.07) is 4.03. The average molecular weight is 267 g/mol. The Morgan fingerprint density at radius 2 is 2.39 bits per heavy atom. The van der Waals surface area contributed by atoms with Crippen LogP contribution in [-0.2, 0) is 11.2 Å². The predicted octanol–water partition coefficient (Wildman–Crippen LogP) is 1.32. The van der Waals surface area contributed by atoms with Gasteiger partial charge in [0, 0.05) is 11.4 Å². The summed E-state index contributed by atoms with van der Waals surface area (Å²) in [6.45, 7) is 0.583. The second-order valence-electron chi connectivity index (χ2n) is 4.51. The van der Waals surface area contributed by atoms with Crippen molar-refractivity contribution in [1.82, 2.24) is 5.32 Å². The number of carbonyl (C=O) groups excluding carboxylic acids is 1. The number of amidine groups is 1. The van der Waals surface area contributed by atoms with Gasteiger partial charge in [0.15, 0.2) is 5.84 Å². The topological polar surface area (TPSA) is 87.7 Å². The third kappa shape index (κ3) is 2.33. The molecule has 1 amide bonds. The molecule has 0 spiro atoms. The van der Waals surface area contributed by atoms with Gasteiger partial charge in [-0.1, -0.05) is 17.6 Å². The Hall–Kier alpha value is -1.56. The number of nitrogens with zero attached hydrogens (tertiary/aromatic N) is 1. The zero-order valence-electron chi connectivity index (χ0n) is 10.1. The lowest BCUT2D eigenvalue weighted by Gasteiger charge is -2.38. The summed E-state index contributed by atoms with van der Waals surface area (Å²) >= 11 is 1.67. The Bertz CT molecular complexity index is 438. The molecule has 0 aliphatic heterocycles. The SMILES string of the molecule is N/C(=N/O)C1(C(=O)NCCc2cccs2)CCC1. The van der Waals surface area contributed by atoms with Crippen molar-refractivity contribution < 1.29 is 10.0 Å². The lowest BCUT2D eigenvalue weighted by Crippen LogP contribution is -2.54. The van der Waals surface area contributed by atoms with Crippen LogP contribution in [0.5, 0.6) is 0 Å². The van der Waals surface area contributed by atoms with E-state index in [-0.39, 0.29) is 11.7 Å². The first-order valence-corrected chi connectivity index (χ1v) is 6.86. The van der Waals surface area contributed by atoms with E-state index in [0.717, 1.165) is 12.8 Å². The van der Waals surface area contributed by atoms with Crippen LogP contribution in [0.15, 0.2) is 22.7 Å². The molecule has 0 atom stereocenters. The molecule has 6 heteroatoms. The van der Waals surface area contributed by atoms with Gasteiger partial charge in [0.2, 0.25) is 5.91 Å². The quantitative estimate of drug-likeness (QED) is 0.325. The Labute approximate surface area is 110 Å². The van der Waals surface area contributed by atoms with Crippen LogP contribution in [0.4, 0.5) is 0 Å². The number of amides is 1. The highest BCUT2D eigenvalue weighted by atomic mass is 32.1. The summed E-state index contributed by atoms with van der Waals surface area (Å²) in [5.41, 5.74) is 4.85. The van der Waals surface area contributed by atoms with Gasteiger partial charge in [0.05, 0.1) is 0 Å². The molecule has 4 N–H and O–H groups in total. The summed E-state index contributed by atoms with van der Waals surface area (Å²) in [6.07, 6.45) is 3.08. The van der Waals surface area contributed by atoms with Crippen molar-refractivity contribution in [2.75, 3.05) is 6.54 Å². The van der Waals surface area contributed by atoms with Gasteiger partial charge in [-0.05, 0) is 30.7 Å². The zero-order valence-corrected chi connectivity index (χ0v) is 10.9. The number of nitrogens with one attached hydrogen (secondary N) is 1. The first kappa shape index (κ1) is 12.9. The molecular formula is C12H17N3O2S. The van der Waals surface area contributed by atoms with E-state index in [1.807, 2.05) is 17.5 Å². The van der Waals surface area contributed by atoms with E-state index in [9.17, 15) is 4.79 Å². The molecule has 0 bridgehead atoms. The minimum atomic E-state index is -0.774. The lowest BCUT2D eigenvalue weighted by molar-refractivity contribution is -0.131. The fourth-order valence-electron chi connectivity index (χ4n) is 2.15. The molecule has 1 aliphatic carbocycles. The summed E-state index contributed by atoms with van der Waals surface area (Å²) in [5.74, 6) is -0.0945. The van der Waals surface area contributed by atoms with Crippen LogP contribution in [0.3, 0.4) is 0 Å². The molecule has 0 saturated heterocycles. The Balaban J connectivity index is 1.87. The number of oxime groups is 1. The zero-order chi connectivity index (χ0) is 13.0. The Morgan fingerprint density at radius 1 is 1.61 bits per heavy atom. The van der Waals surface area contributed by atoms with Crippen molar-refractivity contribution >= 4 is 23.1 Å². The van der Waals surface area contributed by atoms with Crippen molar-refractivity contribution in [2.45, 2.75) is 25.7 Å². The molecule has 0 unspecified atom stereocenters. The third-order valence-corrected chi connectivity index (χ3v) is 4.41. The van der Waals surface area contributed by atoms with Crippen LogP contribution >= 0.6 is 11.3 Å². The van der Waals surface area contributed by atoms with E-state index < -0.39 is 5.41 Å². The minimum absolute atomic E-state index is 0.0300. The Morgan fingerprint density at radius 3 is 2.89 bits per heavy atom. The van der Waals surface area contributed by atoms with Gasteiger partial charge in [-0.2, -0.15) is 0 Å². The van der Waals surface area contributed by atoms with Crippen LogP contribution in [0.2, 0.25) is 0 Å². The second-order valence-corrected chi connectivity index (χ2v) is 5.54. The van der Waals surface area contributed by atoms with E-state index in [4.69, 9.17) is 10.9 Å². The van der Waals surface area contributed by atoms with Gasteiger partial charge < -0.3 is 16.3 Å². The third-order valence-electron chi connectivity index (χ3n) is 3.48. The van der Waals surface area contributed by atoms with Crippen molar-refractivity contribution in [3.8, 4) is 0 Å². The predicted molar refractivity (Wildman–Crippen MR) is 70.7 cm³/mol. The summed E-state index contributed by atoms with van der Waals surface area (Å²) in [7, 11) is 0. The number of rotatable bonds is 5. The maximum absolute atomic E-state index is 12.1. The van der Waals surface area contributed by atoms with Crippen LogP contribution in [0.25, 0.3) is 0 Å². The first-order valence-electron chi connectivity index (χ1n) is 5.98.